The third-order valence-electron chi connectivity index (χ3n) is 2.74. The van der Waals surface area contributed by atoms with Gasteiger partial charge in [0.2, 0.25) is 0 Å². The fraction of sp³-hybridized carbons (Fsp3) is 0.267. The van der Waals surface area contributed by atoms with E-state index in [4.69, 9.17) is 0 Å². The Morgan fingerprint density at radius 3 is 2.35 bits per heavy atom. The first-order valence-electron chi connectivity index (χ1n) is 5.82. The van der Waals surface area contributed by atoms with Crippen LogP contribution in [0.5, 0.6) is 0 Å². The van der Waals surface area contributed by atoms with Crippen LogP contribution in [0.4, 0.5) is 0 Å². The van der Waals surface area contributed by atoms with Crippen molar-refractivity contribution in [2.75, 3.05) is 0 Å². The zero-order valence-corrected chi connectivity index (χ0v) is 10.6. The molecule has 0 fully saturated rings. The van der Waals surface area contributed by atoms with E-state index in [0.29, 0.717) is 0 Å². The summed E-state index contributed by atoms with van der Waals surface area (Å²) in [7, 11) is 0. The number of benzene rings is 1. The molecule has 2 rings (SSSR count). The van der Waals surface area contributed by atoms with Crippen LogP contribution in [0.2, 0.25) is 0 Å². The van der Waals surface area contributed by atoms with Gasteiger partial charge in [0.25, 0.3) is 0 Å². The highest BCUT2D eigenvalue weighted by molar-refractivity contribution is 5.60. The second-order valence-corrected chi connectivity index (χ2v) is 5.20. The quantitative estimate of drug-likeness (QED) is 0.761. The van der Waals surface area contributed by atoms with Crippen molar-refractivity contribution in [3.8, 4) is 0 Å². The van der Waals surface area contributed by atoms with E-state index in [1.54, 1.807) is 12.5 Å². The van der Waals surface area contributed by atoms with E-state index in [0.717, 1.165) is 0 Å². The van der Waals surface area contributed by atoms with Crippen LogP contribution in [-0.2, 0) is 5.41 Å². The Balaban J connectivity index is 2.14. The van der Waals surface area contributed by atoms with Crippen LogP contribution in [0.25, 0.3) is 12.3 Å². The third-order valence-corrected chi connectivity index (χ3v) is 2.74. The van der Waals surface area contributed by atoms with E-state index in [-0.39, 0.29) is 5.41 Å². The lowest BCUT2D eigenvalue weighted by Gasteiger charge is -2.18. The summed E-state index contributed by atoms with van der Waals surface area (Å²) < 4.78 is 1.93. The summed E-state index contributed by atoms with van der Waals surface area (Å²) in [5.74, 6) is 0. The van der Waals surface area contributed by atoms with Gasteiger partial charge in [-0.15, -0.1) is 0 Å². The topological polar surface area (TPSA) is 17.8 Å². The second-order valence-electron chi connectivity index (χ2n) is 5.20. The molecule has 1 aromatic carbocycles. The monoisotopic (exact) mass is 226 g/mol. The normalized spacial score (nSPS) is 12.2. The van der Waals surface area contributed by atoms with Gasteiger partial charge in [-0.1, -0.05) is 45.0 Å². The third kappa shape index (κ3) is 3.06. The predicted octanol–water partition coefficient (Wildman–Crippen LogP) is 3.81. The summed E-state index contributed by atoms with van der Waals surface area (Å²) in [6.07, 6.45) is 9.54. The van der Waals surface area contributed by atoms with Gasteiger partial charge in [-0.3, -0.25) is 0 Å². The van der Waals surface area contributed by atoms with E-state index >= 15 is 0 Å². The smallest absolute Gasteiger partial charge is 0.0986 e. The molecule has 1 aromatic heterocycles. The molecule has 2 heteroatoms. The van der Waals surface area contributed by atoms with Crippen molar-refractivity contribution in [1.82, 2.24) is 9.55 Å². The molecule has 2 aromatic rings. The van der Waals surface area contributed by atoms with Gasteiger partial charge in [-0.25, -0.2) is 4.98 Å². The summed E-state index contributed by atoms with van der Waals surface area (Å²) in [6, 6.07) is 8.67. The number of aromatic nitrogens is 2. The highest BCUT2D eigenvalue weighted by Gasteiger charge is 2.12. The van der Waals surface area contributed by atoms with Crippen LogP contribution in [0.15, 0.2) is 43.0 Å². The molecule has 0 amide bonds. The first kappa shape index (κ1) is 11.6. The lowest BCUT2D eigenvalue weighted by molar-refractivity contribution is 0.590. The molecule has 88 valence electrons. The molecule has 0 bridgehead atoms. The van der Waals surface area contributed by atoms with E-state index in [2.05, 4.69) is 56.1 Å². The average Bonchev–Trinajstić information content (AvgIpc) is 2.78. The fourth-order valence-electron chi connectivity index (χ4n) is 1.62. The minimum atomic E-state index is 0.215. The molecule has 1 heterocycles. The Morgan fingerprint density at radius 2 is 1.82 bits per heavy atom. The van der Waals surface area contributed by atoms with Crippen LogP contribution in [0.1, 0.15) is 31.9 Å². The van der Waals surface area contributed by atoms with Gasteiger partial charge in [0.15, 0.2) is 0 Å². The lowest BCUT2D eigenvalue weighted by atomic mass is 9.87. The van der Waals surface area contributed by atoms with E-state index in [1.165, 1.54) is 11.1 Å². The molecule has 0 aliphatic carbocycles. The van der Waals surface area contributed by atoms with Gasteiger partial charge in [0, 0.05) is 18.6 Å². The van der Waals surface area contributed by atoms with Crippen molar-refractivity contribution < 1.29 is 0 Å². The van der Waals surface area contributed by atoms with Gasteiger partial charge in [-0.2, -0.15) is 0 Å². The maximum atomic E-state index is 3.99. The van der Waals surface area contributed by atoms with Crippen molar-refractivity contribution in [3.63, 3.8) is 0 Å². The average molecular weight is 226 g/mol. The molecule has 0 spiro atoms. The van der Waals surface area contributed by atoms with Gasteiger partial charge < -0.3 is 4.57 Å². The Labute approximate surface area is 103 Å². The Kier molecular flexibility index (Phi) is 3.14. The largest absolute Gasteiger partial charge is 0.313 e. The first-order chi connectivity index (χ1) is 8.05. The molecule has 17 heavy (non-hydrogen) atoms. The van der Waals surface area contributed by atoms with Crippen molar-refractivity contribution >= 4 is 12.3 Å². The van der Waals surface area contributed by atoms with Gasteiger partial charge in [-0.05, 0) is 22.6 Å². The zero-order chi connectivity index (χ0) is 12.3. The maximum absolute atomic E-state index is 3.99. The molecular weight excluding hydrogens is 208 g/mol. The Morgan fingerprint density at radius 1 is 1.12 bits per heavy atom. The van der Waals surface area contributed by atoms with Crippen molar-refractivity contribution in [1.29, 1.82) is 0 Å². The number of hydrogen-bond donors (Lipinski definition) is 0. The molecule has 0 N–H and O–H groups in total. The van der Waals surface area contributed by atoms with E-state index in [1.807, 2.05) is 17.0 Å². The minimum absolute atomic E-state index is 0.215. The van der Waals surface area contributed by atoms with Crippen molar-refractivity contribution in [2.45, 2.75) is 26.2 Å². The van der Waals surface area contributed by atoms with Gasteiger partial charge in [0.05, 0.1) is 6.33 Å². The van der Waals surface area contributed by atoms with Gasteiger partial charge in [0.1, 0.15) is 0 Å². The fourth-order valence-corrected chi connectivity index (χ4v) is 1.62. The molecule has 2 nitrogen and oxygen atoms in total. The highest BCUT2D eigenvalue weighted by Crippen LogP contribution is 2.22. The minimum Gasteiger partial charge on any atom is -0.313 e. The predicted molar refractivity (Wildman–Crippen MR) is 72.6 cm³/mol. The number of imidazole rings is 1. The summed E-state index contributed by atoms with van der Waals surface area (Å²) >= 11 is 0. The Bertz CT molecular complexity index is 485. The van der Waals surface area contributed by atoms with Crippen molar-refractivity contribution in [2.24, 2.45) is 0 Å². The molecule has 0 aliphatic heterocycles. The maximum Gasteiger partial charge on any atom is 0.0986 e. The summed E-state index contributed by atoms with van der Waals surface area (Å²) in [6.45, 7) is 6.68. The van der Waals surface area contributed by atoms with Crippen LogP contribution in [0.3, 0.4) is 0 Å². The van der Waals surface area contributed by atoms with Gasteiger partial charge >= 0.3 is 0 Å². The molecule has 0 aliphatic rings. The lowest BCUT2D eigenvalue weighted by Crippen LogP contribution is -2.10. The second kappa shape index (κ2) is 4.58. The molecule has 0 saturated heterocycles. The zero-order valence-electron chi connectivity index (χ0n) is 10.6. The first-order valence-corrected chi connectivity index (χ1v) is 5.82. The van der Waals surface area contributed by atoms with Crippen LogP contribution < -0.4 is 0 Å². The summed E-state index contributed by atoms with van der Waals surface area (Å²) in [4.78, 5) is 3.99. The summed E-state index contributed by atoms with van der Waals surface area (Å²) in [5, 5.41) is 0. The number of hydrogen-bond acceptors (Lipinski definition) is 1. The van der Waals surface area contributed by atoms with E-state index < -0.39 is 0 Å². The number of rotatable bonds is 2. The summed E-state index contributed by atoms with van der Waals surface area (Å²) in [5.41, 5.74) is 2.77. The molecule has 0 radical (unpaired) electrons. The molecule has 0 unspecified atom stereocenters. The molecular formula is C15H18N2. The molecule has 0 atom stereocenters. The van der Waals surface area contributed by atoms with Crippen LogP contribution in [0, 0.1) is 0 Å². The van der Waals surface area contributed by atoms with E-state index in [9.17, 15) is 0 Å². The SMILES string of the molecule is CC(C)(C)c1ccc(/C=C\n2ccnc2)cc1. The molecule has 0 saturated carbocycles. The number of nitrogens with zero attached hydrogens (tertiary/aromatic N) is 2. The van der Waals surface area contributed by atoms with Crippen molar-refractivity contribution in [3.05, 3.63) is 54.1 Å². The Hall–Kier alpha value is -1.83. The standard InChI is InChI=1S/C15H18N2/c1-15(2,3)14-6-4-13(5-7-14)8-10-17-11-9-16-12-17/h4-12H,1-3H3/b10-8-. The van der Waals surface area contributed by atoms with Crippen LogP contribution >= 0.6 is 0 Å². The van der Waals surface area contributed by atoms with Crippen LogP contribution in [-0.4, -0.2) is 9.55 Å². The highest BCUT2D eigenvalue weighted by atomic mass is 15.0.